The van der Waals surface area contributed by atoms with Gasteiger partial charge in [-0.3, -0.25) is 4.79 Å². The molecule has 0 unspecified atom stereocenters. The highest BCUT2D eigenvalue weighted by molar-refractivity contribution is 9.08. The number of nitrogens with zero attached hydrogens (tertiary/aromatic N) is 1. The second-order valence-electron chi connectivity index (χ2n) is 3.90. The zero-order valence-electron chi connectivity index (χ0n) is 9.94. The Labute approximate surface area is 114 Å². The van der Waals surface area contributed by atoms with Crippen LogP contribution in [0.25, 0.3) is 0 Å². The van der Waals surface area contributed by atoms with Gasteiger partial charge in [0.05, 0.1) is 5.69 Å². The van der Waals surface area contributed by atoms with Gasteiger partial charge in [0.1, 0.15) is 0 Å². The van der Waals surface area contributed by atoms with Gasteiger partial charge in [0.15, 0.2) is 6.39 Å². The summed E-state index contributed by atoms with van der Waals surface area (Å²) < 4.78 is 5.02. The van der Waals surface area contributed by atoms with Crippen LogP contribution >= 0.6 is 15.9 Å². The van der Waals surface area contributed by atoms with E-state index in [1.807, 2.05) is 24.3 Å². The molecule has 0 atom stereocenters. The standard InChI is InChI=1S/C13H13BrN2O2/c1-9-12(18-8-16-9)13(17)15-7-11-4-2-10(6-14)3-5-11/h2-5,8H,6-7H2,1H3,(H,15,17). The molecule has 1 aromatic heterocycles. The largest absolute Gasteiger partial charge is 0.438 e. The molecule has 0 fully saturated rings. The lowest BCUT2D eigenvalue weighted by atomic mass is 10.1. The second kappa shape index (κ2) is 5.82. The summed E-state index contributed by atoms with van der Waals surface area (Å²) in [5, 5.41) is 3.63. The maximum Gasteiger partial charge on any atom is 0.289 e. The third kappa shape index (κ3) is 2.98. The first-order valence-electron chi connectivity index (χ1n) is 5.53. The Morgan fingerprint density at radius 3 is 2.56 bits per heavy atom. The molecule has 0 aliphatic carbocycles. The normalized spacial score (nSPS) is 10.3. The summed E-state index contributed by atoms with van der Waals surface area (Å²) >= 11 is 3.39. The van der Waals surface area contributed by atoms with Crippen molar-refractivity contribution in [1.29, 1.82) is 0 Å². The van der Waals surface area contributed by atoms with E-state index >= 15 is 0 Å². The Bertz CT molecular complexity index is 534. The van der Waals surface area contributed by atoms with Gasteiger partial charge in [-0.25, -0.2) is 4.98 Å². The third-order valence-electron chi connectivity index (χ3n) is 2.58. The predicted molar refractivity (Wildman–Crippen MR) is 71.5 cm³/mol. The first-order valence-corrected chi connectivity index (χ1v) is 6.65. The maximum atomic E-state index is 11.8. The number of halogens is 1. The molecule has 2 rings (SSSR count). The lowest BCUT2D eigenvalue weighted by molar-refractivity contribution is 0.0922. The van der Waals surface area contributed by atoms with Crippen LogP contribution < -0.4 is 5.32 Å². The molecule has 1 aromatic carbocycles. The van der Waals surface area contributed by atoms with Gasteiger partial charge in [-0.15, -0.1) is 0 Å². The first-order chi connectivity index (χ1) is 8.70. The fourth-order valence-electron chi connectivity index (χ4n) is 1.53. The summed E-state index contributed by atoms with van der Waals surface area (Å²) in [6.45, 7) is 2.21. The van der Waals surface area contributed by atoms with Crippen molar-refractivity contribution in [2.75, 3.05) is 0 Å². The van der Waals surface area contributed by atoms with Crippen LogP contribution in [0.5, 0.6) is 0 Å². The number of benzene rings is 1. The van der Waals surface area contributed by atoms with Gasteiger partial charge in [0.25, 0.3) is 5.91 Å². The summed E-state index contributed by atoms with van der Waals surface area (Å²) in [7, 11) is 0. The average Bonchev–Trinajstić information content (AvgIpc) is 2.83. The minimum atomic E-state index is -0.241. The Morgan fingerprint density at radius 2 is 2.00 bits per heavy atom. The van der Waals surface area contributed by atoms with Crippen molar-refractivity contribution in [2.45, 2.75) is 18.8 Å². The maximum absolute atomic E-state index is 11.8. The van der Waals surface area contributed by atoms with Gasteiger partial charge in [-0.1, -0.05) is 40.2 Å². The van der Waals surface area contributed by atoms with Crippen LogP contribution in [-0.2, 0) is 11.9 Å². The molecular formula is C13H13BrN2O2. The lowest BCUT2D eigenvalue weighted by Crippen LogP contribution is -2.23. The Kier molecular flexibility index (Phi) is 4.15. The minimum absolute atomic E-state index is 0.241. The highest BCUT2D eigenvalue weighted by Crippen LogP contribution is 2.09. The van der Waals surface area contributed by atoms with Crippen LogP contribution in [0.15, 0.2) is 35.1 Å². The number of alkyl halides is 1. The summed E-state index contributed by atoms with van der Waals surface area (Å²) in [6.07, 6.45) is 1.27. The molecule has 1 heterocycles. The minimum Gasteiger partial charge on any atom is -0.438 e. The van der Waals surface area contributed by atoms with E-state index in [4.69, 9.17) is 4.42 Å². The molecule has 0 aliphatic heterocycles. The molecule has 0 spiro atoms. The molecule has 4 nitrogen and oxygen atoms in total. The number of carbonyl (C=O) groups is 1. The van der Waals surface area contributed by atoms with Crippen LogP contribution in [0, 0.1) is 6.92 Å². The van der Waals surface area contributed by atoms with Crippen molar-refractivity contribution < 1.29 is 9.21 Å². The molecule has 5 heteroatoms. The number of carbonyl (C=O) groups excluding carboxylic acids is 1. The van der Waals surface area contributed by atoms with E-state index in [-0.39, 0.29) is 11.7 Å². The van der Waals surface area contributed by atoms with Crippen LogP contribution in [0.2, 0.25) is 0 Å². The van der Waals surface area contributed by atoms with Gasteiger partial charge < -0.3 is 9.73 Å². The molecule has 1 amide bonds. The van der Waals surface area contributed by atoms with Crippen LogP contribution in [-0.4, -0.2) is 10.9 Å². The molecule has 0 radical (unpaired) electrons. The number of hydrogen-bond donors (Lipinski definition) is 1. The fraction of sp³-hybridized carbons (Fsp3) is 0.231. The lowest BCUT2D eigenvalue weighted by Gasteiger charge is -2.04. The number of amides is 1. The molecule has 18 heavy (non-hydrogen) atoms. The highest BCUT2D eigenvalue weighted by Gasteiger charge is 2.12. The summed E-state index contributed by atoms with van der Waals surface area (Å²) in [5.74, 6) is 0.0293. The van der Waals surface area contributed by atoms with E-state index in [2.05, 4.69) is 26.2 Å². The van der Waals surface area contributed by atoms with Crippen LogP contribution in [0.3, 0.4) is 0 Å². The SMILES string of the molecule is Cc1ncoc1C(=O)NCc1ccc(CBr)cc1. The average molecular weight is 309 g/mol. The predicted octanol–water partition coefficient (Wildman–Crippen LogP) is 2.81. The molecule has 94 valence electrons. The molecule has 0 saturated heterocycles. The number of hydrogen-bond acceptors (Lipinski definition) is 3. The van der Waals surface area contributed by atoms with E-state index in [1.54, 1.807) is 6.92 Å². The fourth-order valence-corrected chi connectivity index (χ4v) is 1.90. The van der Waals surface area contributed by atoms with Crippen LogP contribution in [0.1, 0.15) is 27.4 Å². The summed E-state index contributed by atoms with van der Waals surface area (Å²) in [6, 6.07) is 8.03. The zero-order chi connectivity index (χ0) is 13.0. The van der Waals surface area contributed by atoms with E-state index in [0.717, 1.165) is 10.9 Å². The zero-order valence-corrected chi connectivity index (χ0v) is 11.5. The molecule has 1 N–H and O–H groups in total. The quantitative estimate of drug-likeness (QED) is 0.884. The van der Waals surface area contributed by atoms with E-state index in [1.165, 1.54) is 12.0 Å². The van der Waals surface area contributed by atoms with Crippen molar-refractivity contribution in [3.05, 3.63) is 53.2 Å². The first kappa shape index (κ1) is 12.8. The topological polar surface area (TPSA) is 55.1 Å². The summed E-state index contributed by atoms with van der Waals surface area (Å²) in [4.78, 5) is 15.7. The molecule has 0 aliphatic rings. The van der Waals surface area contributed by atoms with Gasteiger partial charge in [0.2, 0.25) is 5.76 Å². The third-order valence-corrected chi connectivity index (χ3v) is 3.23. The Hall–Kier alpha value is -1.62. The summed E-state index contributed by atoms with van der Waals surface area (Å²) in [5.41, 5.74) is 2.85. The van der Waals surface area contributed by atoms with Crippen molar-refractivity contribution in [2.24, 2.45) is 0 Å². The number of nitrogens with one attached hydrogen (secondary N) is 1. The molecule has 0 saturated carbocycles. The molecular weight excluding hydrogens is 296 g/mol. The number of aromatic nitrogens is 1. The Morgan fingerprint density at radius 1 is 1.33 bits per heavy atom. The second-order valence-corrected chi connectivity index (χ2v) is 4.46. The van der Waals surface area contributed by atoms with E-state index < -0.39 is 0 Å². The number of oxazole rings is 1. The van der Waals surface area contributed by atoms with Crippen molar-refractivity contribution in [1.82, 2.24) is 10.3 Å². The van der Waals surface area contributed by atoms with Crippen molar-refractivity contribution in [3.8, 4) is 0 Å². The molecule has 0 bridgehead atoms. The van der Waals surface area contributed by atoms with Gasteiger partial charge in [-0.05, 0) is 18.1 Å². The van der Waals surface area contributed by atoms with Crippen molar-refractivity contribution >= 4 is 21.8 Å². The van der Waals surface area contributed by atoms with Gasteiger partial charge in [-0.2, -0.15) is 0 Å². The van der Waals surface area contributed by atoms with Crippen LogP contribution in [0.4, 0.5) is 0 Å². The van der Waals surface area contributed by atoms with Gasteiger partial charge >= 0.3 is 0 Å². The smallest absolute Gasteiger partial charge is 0.289 e. The van der Waals surface area contributed by atoms with E-state index in [9.17, 15) is 4.79 Å². The number of aryl methyl sites for hydroxylation is 1. The van der Waals surface area contributed by atoms with Gasteiger partial charge in [0, 0.05) is 11.9 Å². The number of rotatable bonds is 4. The van der Waals surface area contributed by atoms with E-state index in [0.29, 0.717) is 12.2 Å². The van der Waals surface area contributed by atoms with Crippen molar-refractivity contribution in [3.63, 3.8) is 0 Å². The highest BCUT2D eigenvalue weighted by atomic mass is 79.9. The Balaban J connectivity index is 1.95. The molecule has 2 aromatic rings. The monoisotopic (exact) mass is 308 g/mol.